The van der Waals surface area contributed by atoms with Crippen LogP contribution in [0.5, 0.6) is 0 Å². The van der Waals surface area contributed by atoms with E-state index in [1.807, 2.05) is 31.3 Å². The van der Waals surface area contributed by atoms with Crippen molar-refractivity contribution < 1.29 is 4.79 Å². The molecule has 0 saturated carbocycles. The molecule has 2 aromatic carbocycles. The second-order valence-electron chi connectivity index (χ2n) is 6.85. The molecule has 0 unspecified atom stereocenters. The Bertz CT molecular complexity index is 697. The van der Waals surface area contributed by atoms with Crippen LogP contribution in [0.4, 0.5) is 5.69 Å². The van der Waals surface area contributed by atoms with Crippen LogP contribution in [-0.4, -0.2) is 78.5 Å². The van der Waals surface area contributed by atoms with Gasteiger partial charge in [0.1, 0.15) is 0 Å². The second-order valence-corrected chi connectivity index (χ2v) is 8.06. The Kier molecular flexibility index (Phi) is 6.88. The Labute approximate surface area is 165 Å². The molecule has 3 rings (SSSR count). The van der Waals surface area contributed by atoms with Crippen LogP contribution in [0.25, 0.3) is 0 Å². The van der Waals surface area contributed by atoms with Crippen LogP contribution in [-0.2, 0) is 11.2 Å². The van der Waals surface area contributed by atoms with E-state index in [0.29, 0.717) is 6.54 Å². The second kappa shape index (κ2) is 9.35. The first kappa shape index (κ1) is 19.1. The zero-order valence-corrected chi connectivity index (χ0v) is 17.5. The van der Waals surface area contributed by atoms with Crippen molar-refractivity contribution in [1.82, 2.24) is 9.80 Å². The van der Waals surface area contributed by atoms with E-state index in [9.17, 15) is 4.79 Å². The molecule has 1 aliphatic heterocycles. The van der Waals surface area contributed by atoms with Crippen LogP contribution in [0.1, 0.15) is 5.56 Å². The normalized spacial score (nSPS) is 15.8. The van der Waals surface area contributed by atoms with Crippen molar-refractivity contribution in [3.05, 3.63) is 60.2 Å². The first-order valence-corrected chi connectivity index (χ1v) is 10.2. The van der Waals surface area contributed by atoms with E-state index in [-0.39, 0.29) is 5.91 Å². The van der Waals surface area contributed by atoms with Gasteiger partial charge >= 0.3 is 123 Å². The van der Waals surface area contributed by atoms with Gasteiger partial charge in [0, 0.05) is 0 Å². The van der Waals surface area contributed by atoms with Gasteiger partial charge in [-0.15, -0.1) is 0 Å². The van der Waals surface area contributed by atoms with Crippen molar-refractivity contribution in [2.45, 2.75) is 6.42 Å². The van der Waals surface area contributed by atoms with Crippen molar-refractivity contribution >= 4 is 32.5 Å². The van der Waals surface area contributed by atoms with Crippen LogP contribution in [0.3, 0.4) is 0 Å². The van der Waals surface area contributed by atoms with Gasteiger partial charge in [0.2, 0.25) is 0 Å². The molecule has 1 amide bonds. The topological polar surface area (TPSA) is 26.8 Å². The predicted octanol–water partition coefficient (Wildman–Crippen LogP) is 1.30. The summed E-state index contributed by atoms with van der Waals surface area (Å²) >= 11 is 2.06. The first-order valence-electron chi connectivity index (χ1n) is 9.19. The molecule has 135 valence electrons. The quantitative estimate of drug-likeness (QED) is 0.674. The summed E-state index contributed by atoms with van der Waals surface area (Å²) < 4.78 is 1.21. The molecule has 1 heterocycles. The number of piperazine rings is 1. The van der Waals surface area contributed by atoms with Gasteiger partial charge in [0.25, 0.3) is 0 Å². The number of nitrogens with zero attached hydrogens (tertiary/aromatic N) is 3. The average molecular weight is 409 g/mol. The van der Waals surface area contributed by atoms with E-state index < -0.39 is 0 Å². The van der Waals surface area contributed by atoms with Gasteiger partial charge in [-0.1, -0.05) is 30.3 Å². The van der Waals surface area contributed by atoms with Gasteiger partial charge in [-0.3, -0.25) is 0 Å². The minimum atomic E-state index is 0.159. The summed E-state index contributed by atoms with van der Waals surface area (Å²) in [6.07, 6.45) is 1.09. The van der Waals surface area contributed by atoms with Gasteiger partial charge in [0.05, 0.1) is 0 Å². The number of benzene rings is 2. The summed E-state index contributed by atoms with van der Waals surface area (Å²) in [5.41, 5.74) is 2.35. The van der Waals surface area contributed by atoms with Gasteiger partial charge in [0.15, 0.2) is 0 Å². The first-order chi connectivity index (χ1) is 12.6. The van der Waals surface area contributed by atoms with Gasteiger partial charge in [-0.25, -0.2) is 0 Å². The molecule has 0 aliphatic carbocycles. The molecule has 1 saturated heterocycles. The molecule has 5 heteroatoms. The van der Waals surface area contributed by atoms with E-state index in [0.717, 1.165) is 44.8 Å². The fourth-order valence-corrected chi connectivity index (χ4v) is 3.58. The average Bonchev–Trinajstić information content (AvgIpc) is 2.68. The number of hydrogen-bond acceptors (Lipinski definition) is 3. The van der Waals surface area contributed by atoms with Crippen LogP contribution in [0.15, 0.2) is 54.6 Å². The Hall–Kier alpha value is -1.63. The molecular formula is C21H26GeN3O. The van der Waals surface area contributed by atoms with Gasteiger partial charge < -0.3 is 0 Å². The Balaban J connectivity index is 1.42. The number of carbonyl (C=O) groups is 1. The van der Waals surface area contributed by atoms with Crippen molar-refractivity contribution in [2.24, 2.45) is 0 Å². The standard InChI is InChI=1S/C21H26GeN3O/c1-23(20-9-7-19(22)8-10-20)21(26)17-25-15-13-24(14-16-25)12-11-18-5-3-2-4-6-18/h2-10H,11-17H2,1H3. The SMILES string of the molecule is CN(C(=O)CN1CCN(CCc2ccccc2)CC1)c1cc[c]([Ge])cc1. The third-order valence-corrected chi connectivity index (χ3v) is 5.71. The third kappa shape index (κ3) is 5.43. The fourth-order valence-electron chi connectivity index (χ4n) is 3.23. The molecular weight excluding hydrogens is 383 g/mol. The molecule has 26 heavy (non-hydrogen) atoms. The molecule has 4 nitrogen and oxygen atoms in total. The van der Waals surface area contributed by atoms with Crippen molar-refractivity contribution in [2.75, 3.05) is 51.2 Å². The molecule has 1 fully saturated rings. The van der Waals surface area contributed by atoms with Crippen LogP contribution < -0.4 is 9.30 Å². The molecule has 0 spiro atoms. The van der Waals surface area contributed by atoms with Crippen LogP contribution in [0, 0.1) is 0 Å². The van der Waals surface area contributed by atoms with Crippen molar-refractivity contribution in [1.29, 1.82) is 0 Å². The number of anilines is 1. The predicted molar refractivity (Wildman–Crippen MR) is 108 cm³/mol. The van der Waals surface area contributed by atoms with E-state index in [4.69, 9.17) is 0 Å². The van der Waals surface area contributed by atoms with E-state index in [1.54, 1.807) is 4.90 Å². The van der Waals surface area contributed by atoms with Gasteiger partial charge in [-0.2, -0.15) is 0 Å². The molecule has 0 aromatic heterocycles. The van der Waals surface area contributed by atoms with Crippen molar-refractivity contribution in [3.8, 4) is 0 Å². The zero-order valence-electron chi connectivity index (χ0n) is 15.4. The van der Waals surface area contributed by atoms with E-state index >= 15 is 0 Å². The summed E-state index contributed by atoms with van der Waals surface area (Å²) in [5.74, 6) is 0.159. The molecule has 0 bridgehead atoms. The zero-order chi connectivity index (χ0) is 18.4. The van der Waals surface area contributed by atoms with E-state index in [1.165, 1.54) is 9.96 Å². The minimum absolute atomic E-state index is 0.159. The van der Waals surface area contributed by atoms with Crippen molar-refractivity contribution in [3.63, 3.8) is 0 Å². The summed E-state index contributed by atoms with van der Waals surface area (Å²) in [5, 5.41) is 0. The number of likely N-dealkylation sites (N-methyl/N-ethyl adjacent to an activating group) is 1. The Morgan fingerprint density at radius 3 is 2.23 bits per heavy atom. The maximum absolute atomic E-state index is 12.6. The third-order valence-electron chi connectivity index (χ3n) is 5.01. The van der Waals surface area contributed by atoms with E-state index in [2.05, 4.69) is 56.6 Å². The molecule has 0 N–H and O–H groups in total. The number of carbonyl (C=O) groups excluding carboxylic acids is 1. The fraction of sp³-hybridized carbons (Fsp3) is 0.381. The van der Waals surface area contributed by atoms with Crippen LogP contribution >= 0.6 is 0 Å². The Morgan fingerprint density at radius 2 is 1.58 bits per heavy atom. The summed E-state index contributed by atoms with van der Waals surface area (Å²) in [6.45, 7) is 5.58. The monoisotopic (exact) mass is 410 g/mol. The number of hydrogen-bond donors (Lipinski definition) is 0. The molecule has 1 aliphatic rings. The molecule has 0 atom stereocenters. The van der Waals surface area contributed by atoms with Gasteiger partial charge in [-0.05, 0) is 12.0 Å². The van der Waals surface area contributed by atoms with Crippen LogP contribution in [0.2, 0.25) is 0 Å². The summed E-state index contributed by atoms with van der Waals surface area (Å²) in [7, 11) is 1.86. The molecule has 2 aromatic rings. The molecule has 3 radical (unpaired) electrons. The summed E-state index contributed by atoms with van der Waals surface area (Å²) in [6, 6.07) is 18.8. The maximum atomic E-state index is 12.6. The summed E-state index contributed by atoms with van der Waals surface area (Å²) in [4.78, 5) is 19.1. The Morgan fingerprint density at radius 1 is 0.962 bits per heavy atom. The number of amides is 1. The number of rotatable bonds is 6.